The van der Waals surface area contributed by atoms with Gasteiger partial charge in [-0.3, -0.25) is 9.59 Å². The number of fused-ring (bicyclic) bond motifs is 1. The number of nitrogens with zero attached hydrogens (tertiary/aromatic N) is 1. The molecule has 170 valence electrons. The number of benzene rings is 3. The van der Waals surface area contributed by atoms with Crippen molar-refractivity contribution >= 4 is 40.6 Å². The molecule has 0 bridgehead atoms. The van der Waals surface area contributed by atoms with Crippen LogP contribution in [0.25, 0.3) is 0 Å². The number of hydrogen-bond donors (Lipinski definition) is 1. The summed E-state index contributed by atoms with van der Waals surface area (Å²) >= 11 is 12.2. The minimum atomic E-state index is -2.07. The molecule has 1 heterocycles. The van der Waals surface area contributed by atoms with Gasteiger partial charge in [0, 0.05) is 21.7 Å². The second kappa shape index (κ2) is 9.06. The van der Waals surface area contributed by atoms with E-state index in [-0.39, 0.29) is 23.4 Å². The molecule has 0 fully saturated rings. The number of Topliss-reactive ketones (excluding diaryl/α,β-unsaturated/α-hetero) is 1. The fourth-order valence-corrected chi connectivity index (χ4v) is 4.28. The number of methoxy groups -OCH3 is 2. The smallest absolute Gasteiger partial charge is 0.264 e. The third-order valence-corrected chi connectivity index (χ3v) is 6.16. The van der Waals surface area contributed by atoms with E-state index >= 15 is 0 Å². The molecule has 1 atom stereocenters. The number of rotatable bonds is 7. The van der Waals surface area contributed by atoms with Gasteiger partial charge in [-0.2, -0.15) is 0 Å². The summed E-state index contributed by atoms with van der Waals surface area (Å²) in [5, 5.41) is 12.5. The summed E-state index contributed by atoms with van der Waals surface area (Å²) in [5.74, 6) is -0.247. The van der Waals surface area contributed by atoms with Crippen LogP contribution in [0.15, 0.2) is 60.7 Å². The van der Waals surface area contributed by atoms with Crippen LogP contribution in [0.4, 0.5) is 5.69 Å². The molecular weight excluding hydrogens is 465 g/mol. The minimum absolute atomic E-state index is 0.201. The van der Waals surface area contributed by atoms with E-state index in [9.17, 15) is 14.7 Å². The first-order valence-corrected chi connectivity index (χ1v) is 10.9. The predicted octanol–water partition coefficient (Wildman–Crippen LogP) is 5.02. The Morgan fingerprint density at radius 3 is 2.33 bits per heavy atom. The molecular formula is C25H21Cl2NO5. The first-order valence-electron chi connectivity index (χ1n) is 10.1. The third-order valence-electron chi connectivity index (χ3n) is 5.67. The van der Waals surface area contributed by atoms with Gasteiger partial charge in [0.25, 0.3) is 5.91 Å². The molecule has 1 aliphatic heterocycles. The lowest BCUT2D eigenvalue weighted by molar-refractivity contribution is -0.136. The summed E-state index contributed by atoms with van der Waals surface area (Å²) in [5.41, 5.74) is -0.235. The highest BCUT2D eigenvalue weighted by Gasteiger charge is 2.51. The van der Waals surface area contributed by atoms with Crippen molar-refractivity contribution in [3.05, 3.63) is 87.4 Å². The lowest BCUT2D eigenvalue weighted by Gasteiger charge is -2.23. The third kappa shape index (κ3) is 4.29. The van der Waals surface area contributed by atoms with E-state index in [2.05, 4.69) is 0 Å². The van der Waals surface area contributed by atoms with Crippen molar-refractivity contribution in [2.45, 2.75) is 18.6 Å². The van der Waals surface area contributed by atoms with Crippen LogP contribution >= 0.6 is 23.2 Å². The van der Waals surface area contributed by atoms with Crippen LogP contribution in [-0.2, 0) is 16.9 Å². The topological polar surface area (TPSA) is 76.1 Å². The molecule has 3 aromatic carbocycles. The van der Waals surface area contributed by atoms with E-state index in [4.69, 9.17) is 32.7 Å². The average molecular weight is 486 g/mol. The number of carbonyl (C=O) groups is 2. The van der Waals surface area contributed by atoms with Crippen molar-refractivity contribution in [3.63, 3.8) is 0 Å². The van der Waals surface area contributed by atoms with E-state index in [1.165, 1.54) is 25.2 Å². The molecule has 8 heteroatoms. The molecule has 1 amide bonds. The van der Waals surface area contributed by atoms with Gasteiger partial charge in [-0.25, -0.2) is 0 Å². The Hall–Kier alpha value is -3.06. The van der Waals surface area contributed by atoms with E-state index in [1.807, 2.05) is 0 Å². The van der Waals surface area contributed by atoms with Crippen molar-refractivity contribution in [3.8, 4) is 11.5 Å². The van der Waals surface area contributed by atoms with E-state index < -0.39 is 23.7 Å². The zero-order valence-corrected chi connectivity index (χ0v) is 19.5. The predicted molar refractivity (Wildman–Crippen MR) is 126 cm³/mol. The Kier molecular flexibility index (Phi) is 6.34. The molecule has 0 saturated heterocycles. The Balaban J connectivity index is 1.70. The first kappa shape index (κ1) is 23.1. The van der Waals surface area contributed by atoms with Gasteiger partial charge in [-0.1, -0.05) is 35.3 Å². The van der Waals surface area contributed by atoms with Crippen LogP contribution in [0, 0.1) is 0 Å². The maximum absolute atomic E-state index is 13.5. The maximum atomic E-state index is 13.5. The summed E-state index contributed by atoms with van der Waals surface area (Å²) in [4.78, 5) is 28.2. The SMILES string of the molecule is COc1ccc(C(=O)CC2(O)C(=O)N(Cc3ccc(Cl)cc3)c3ccc(Cl)cc32)c(OC)c1. The molecule has 33 heavy (non-hydrogen) atoms. The number of hydrogen-bond acceptors (Lipinski definition) is 5. The zero-order chi connectivity index (χ0) is 23.8. The second-order valence-corrected chi connectivity index (χ2v) is 8.58. The van der Waals surface area contributed by atoms with E-state index in [0.717, 1.165) is 5.56 Å². The second-order valence-electron chi connectivity index (χ2n) is 7.71. The zero-order valence-electron chi connectivity index (χ0n) is 18.0. The standard InChI is InChI=1S/C25H21Cl2NO5/c1-32-18-8-9-19(23(12-18)33-2)22(29)13-25(31)20-11-17(27)7-10-21(20)28(24(25)30)14-15-3-5-16(26)6-4-15/h3-12,31H,13-14H2,1-2H3. The largest absolute Gasteiger partial charge is 0.497 e. The normalized spacial score (nSPS) is 17.1. The van der Waals surface area contributed by atoms with Crippen LogP contribution in [0.5, 0.6) is 11.5 Å². The van der Waals surface area contributed by atoms with Crippen LogP contribution < -0.4 is 14.4 Å². The van der Waals surface area contributed by atoms with Crippen LogP contribution in [-0.4, -0.2) is 31.0 Å². The fourth-order valence-electron chi connectivity index (χ4n) is 3.98. The van der Waals surface area contributed by atoms with Crippen molar-refractivity contribution in [2.75, 3.05) is 19.1 Å². The number of aliphatic hydroxyl groups is 1. The summed E-state index contributed by atoms with van der Waals surface area (Å²) in [6.45, 7) is 0.201. The van der Waals surface area contributed by atoms with Gasteiger partial charge in [0.15, 0.2) is 11.4 Å². The summed E-state index contributed by atoms with van der Waals surface area (Å²) in [7, 11) is 2.94. The molecule has 1 N–H and O–H groups in total. The Labute approximate surface area is 201 Å². The number of ketones is 1. The molecule has 6 nitrogen and oxygen atoms in total. The number of ether oxygens (including phenoxy) is 2. The monoisotopic (exact) mass is 485 g/mol. The maximum Gasteiger partial charge on any atom is 0.264 e. The highest BCUT2D eigenvalue weighted by Crippen LogP contribution is 2.45. The molecule has 1 unspecified atom stereocenters. The van der Waals surface area contributed by atoms with Gasteiger partial charge in [-0.05, 0) is 48.0 Å². The highest BCUT2D eigenvalue weighted by atomic mass is 35.5. The number of carbonyl (C=O) groups excluding carboxylic acids is 2. The van der Waals surface area contributed by atoms with Crippen LogP contribution in [0.3, 0.4) is 0 Å². The Bertz CT molecular complexity index is 1230. The Morgan fingerprint density at radius 1 is 0.970 bits per heavy atom. The van der Waals surface area contributed by atoms with Gasteiger partial charge in [-0.15, -0.1) is 0 Å². The van der Waals surface area contributed by atoms with Gasteiger partial charge < -0.3 is 19.5 Å². The van der Waals surface area contributed by atoms with Crippen LogP contribution in [0.1, 0.15) is 27.9 Å². The van der Waals surface area contributed by atoms with Gasteiger partial charge in [0.2, 0.25) is 0 Å². The summed E-state index contributed by atoms with van der Waals surface area (Å²) in [6.07, 6.45) is -0.473. The molecule has 4 rings (SSSR count). The van der Waals surface area contributed by atoms with Crippen LogP contribution in [0.2, 0.25) is 10.0 Å². The number of halogens is 2. The quantitative estimate of drug-likeness (QED) is 0.475. The molecule has 0 spiro atoms. The fraction of sp³-hybridized carbons (Fsp3) is 0.200. The van der Waals surface area contributed by atoms with Crippen molar-refractivity contribution in [1.82, 2.24) is 0 Å². The minimum Gasteiger partial charge on any atom is -0.497 e. The number of anilines is 1. The molecule has 0 aliphatic carbocycles. The van der Waals surface area contributed by atoms with Crippen molar-refractivity contribution < 1.29 is 24.2 Å². The van der Waals surface area contributed by atoms with Gasteiger partial charge in [0.05, 0.1) is 38.4 Å². The van der Waals surface area contributed by atoms with Crippen molar-refractivity contribution in [1.29, 1.82) is 0 Å². The van der Waals surface area contributed by atoms with E-state index in [0.29, 0.717) is 21.5 Å². The van der Waals surface area contributed by atoms with Gasteiger partial charge >= 0.3 is 0 Å². The molecule has 0 radical (unpaired) electrons. The van der Waals surface area contributed by atoms with E-state index in [1.54, 1.807) is 54.6 Å². The first-order chi connectivity index (χ1) is 15.8. The molecule has 1 aliphatic rings. The summed E-state index contributed by atoms with van der Waals surface area (Å²) in [6, 6.07) is 16.6. The average Bonchev–Trinajstić information content (AvgIpc) is 3.01. The van der Waals surface area contributed by atoms with Crippen molar-refractivity contribution in [2.24, 2.45) is 0 Å². The lowest BCUT2D eigenvalue weighted by atomic mass is 9.88. The lowest BCUT2D eigenvalue weighted by Crippen LogP contribution is -2.41. The molecule has 0 aromatic heterocycles. The molecule has 3 aromatic rings. The molecule has 0 saturated carbocycles. The Morgan fingerprint density at radius 2 is 1.67 bits per heavy atom. The summed E-state index contributed by atoms with van der Waals surface area (Å²) < 4.78 is 10.5. The highest BCUT2D eigenvalue weighted by molar-refractivity contribution is 6.31. The van der Waals surface area contributed by atoms with Gasteiger partial charge in [0.1, 0.15) is 11.5 Å². The number of amides is 1.